The van der Waals surface area contributed by atoms with Crippen LogP contribution in [0.15, 0.2) is 71.5 Å². The number of phenols is 1. The van der Waals surface area contributed by atoms with E-state index in [1.807, 2.05) is 0 Å². The third kappa shape index (κ3) is 2.33. The van der Waals surface area contributed by atoms with Gasteiger partial charge in [-0.05, 0) is 42.5 Å². The molecule has 0 saturated carbocycles. The first-order chi connectivity index (χ1) is 12.6. The van der Waals surface area contributed by atoms with Gasteiger partial charge in [-0.25, -0.2) is 0 Å². The van der Waals surface area contributed by atoms with E-state index in [2.05, 4.69) is 0 Å². The second kappa shape index (κ2) is 6.04. The molecule has 128 valence electrons. The zero-order valence-corrected chi connectivity index (χ0v) is 14.0. The molecular weight excluding hydrogens is 330 g/mol. The van der Waals surface area contributed by atoms with Crippen molar-refractivity contribution in [3.8, 4) is 11.5 Å². The van der Waals surface area contributed by atoms with Crippen molar-refractivity contribution in [3.63, 3.8) is 0 Å². The van der Waals surface area contributed by atoms with Gasteiger partial charge in [0.05, 0.1) is 18.1 Å². The summed E-state index contributed by atoms with van der Waals surface area (Å²) in [6.45, 7) is 0. The standard InChI is InChI=1S/C21H15NO4/c1-26-19-11-10-13(12-18(19)23)21(25)22-16-8-4-2-6-14(16)20(24)15-7-3-5-9-17(15)22/h2-12,23H,1H3. The average Bonchev–Trinajstić information content (AvgIpc) is 2.68. The molecule has 5 heteroatoms. The number of carbonyl (C=O) groups is 1. The van der Waals surface area contributed by atoms with Gasteiger partial charge in [0.15, 0.2) is 16.9 Å². The number of rotatable bonds is 2. The van der Waals surface area contributed by atoms with Gasteiger partial charge in [0, 0.05) is 16.3 Å². The van der Waals surface area contributed by atoms with E-state index in [1.54, 1.807) is 54.6 Å². The lowest BCUT2D eigenvalue weighted by Crippen LogP contribution is -2.18. The number of fused-ring (bicyclic) bond motifs is 2. The van der Waals surface area contributed by atoms with Gasteiger partial charge in [0.25, 0.3) is 5.91 Å². The Morgan fingerprint density at radius 1 is 0.923 bits per heavy atom. The van der Waals surface area contributed by atoms with Crippen LogP contribution < -0.4 is 10.2 Å². The fourth-order valence-corrected chi connectivity index (χ4v) is 3.17. The summed E-state index contributed by atoms with van der Waals surface area (Å²) < 4.78 is 6.54. The first kappa shape index (κ1) is 15.9. The number of para-hydroxylation sites is 2. The molecule has 1 N–H and O–H groups in total. The monoisotopic (exact) mass is 345 g/mol. The molecule has 0 fully saturated rings. The van der Waals surface area contributed by atoms with Crippen LogP contribution in [0.3, 0.4) is 0 Å². The SMILES string of the molecule is COc1ccc(C(=O)n2c3ccccc3c(=O)c3ccccc32)cc1O. The molecule has 1 aromatic heterocycles. The van der Waals surface area contributed by atoms with Crippen molar-refractivity contribution in [1.82, 2.24) is 4.57 Å². The number of nitrogens with zero attached hydrogens (tertiary/aromatic N) is 1. The zero-order valence-electron chi connectivity index (χ0n) is 14.0. The fraction of sp³-hybridized carbons (Fsp3) is 0.0476. The highest BCUT2D eigenvalue weighted by Crippen LogP contribution is 2.28. The third-order valence-electron chi connectivity index (χ3n) is 4.41. The van der Waals surface area contributed by atoms with E-state index in [1.165, 1.54) is 23.8 Å². The normalized spacial score (nSPS) is 11.0. The predicted molar refractivity (Wildman–Crippen MR) is 100 cm³/mol. The molecular formula is C21H15NO4. The summed E-state index contributed by atoms with van der Waals surface area (Å²) in [5.74, 6) is -0.167. The number of hydrogen-bond acceptors (Lipinski definition) is 4. The van der Waals surface area contributed by atoms with Crippen molar-refractivity contribution in [1.29, 1.82) is 0 Å². The van der Waals surface area contributed by atoms with Gasteiger partial charge in [0.1, 0.15) is 0 Å². The Morgan fingerprint density at radius 3 is 2.04 bits per heavy atom. The Kier molecular flexibility index (Phi) is 3.69. The molecule has 0 radical (unpaired) electrons. The van der Waals surface area contributed by atoms with Crippen molar-refractivity contribution >= 4 is 27.7 Å². The van der Waals surface area contributed by atoms with Gasteiger partial charge >= 0.3 is 0 Å². The molecule has 4 aromatic rings. The quantitative estimate of drug-likeness (QED) is 0.564. The van der Waals surface area contributed by atoms with E-state index < -0.39 is 0 Å². The Labute approximate surface area is 148 Å². The van der Waals surface area contributed by atoms with Crippen LogP contribution in [-0.4, -0.2) is 22.7 Å². The summed E-state index contributed by atoms with van der Waals surface area (Å²) >= 11 is 0. The number of aromatic nitrogens is 1. The van der Waals surface area contributed by atoms with E-state index in [4.69, 9.17) is 4.74 Å². The van der Waals surface area contributed by atoms with Crippen LogP contribution >= 0.6 is 0 Å². The Bertz CT molecular complexity index is 1160. The number of hydrogen-bond donors (Lipinski definition) is 1. The molecule has 0 amide bonds. The van der Waals surface area contributed by atoms with Gasteiger partial charge in [-0.15, -0.1) is 0 Å². The van der Waals surface area contributed by atoms with Crippen LogP contribution in [0.4, 0.5) is 0 Å². The lowest BCUT2D eigenvalue weighted by molar-refractivity contribution is 0.0968. The molecule has 0 aliphatic heterocycles. The van der Waals surface area contributed by atoms with Crippen LogP contribution in [0.5, 0.6) is 11.5 Å². The minimum atomic E-state index is -0.338. The number of aromatic hydroxyl groups is 1. The fourth-order valence-electron chi connectivity index (χ4n) is 3.17. The molecule has 0 spiro atoms. The van der Waals surface area contributed by atoms with E-state index in [-0.39, 0.29) is 22.8 Å². The molecule has 5 nitrogen and oxygen atoms in total. The van der Waals surface area contributed by atoms with Gasteiger partial charge in [0.2, 0.25) is 0 Å². The Balaban J connectivity index is 2.06. The number of ether oxygens (including phenoxy) is 1. The van der Waals surface area contributed by atoms with Crippen LogP contribution in [0.2, 0.25) is 0 Å². The van der Waals surface area contributed by atoms with E-state index in [9.17, 15) is 14.7 Å². The molecule has 0 saturated heterocycles. The molecule has 0 aliphatic rings. The van der Waals surface area contributed by atoms with Crippen molar-refractivity contribution in [3.05, 3.63) is 82.5 Å². The molecule has 1 heterocycles. The second-order valence-electron chi connectivity index (χ2n) is 5.89. The van der Waals surface area contributed by atoms with Crippen molar-refractivity contribution in [2.45, 2.75) is 0 Å². The highest BCUT2D eigenvalue weighted by atomic mass is 16.5. The smallest absolute Gasteiger partial charge is 0.263 e. The molecule has 0 atom stereocenters. The number of methoxy groups -OCH3 is 1. The predicted octanol–water partition coefficient (Wildman–Crippen LogP) is 3.56. The number of benzene rings is 3. The first-order valence-electron chi connectivity index (χ1n) is 8.06. The lowest BCUT2D eigenvalue weighted by Gasteiger charge is -2.14. The van der Waals surface area contributed by atoms with Crippen molar-refractivity contribution in [2.24, 2.45) is 0 Å². The zero-order chi connectivity index (χ0) is 18.3. The van der Waals surface area contributed by atoms with Crippen molar-refractivity contribution in [2.75, 3.05) is 7.11 Å². The van der Waals surface area contributed by atoms with Crippen LogP contribution in [0, 0.1) is 0 Å². The second-order valence-corrected chi connectivity index (χ2v) is 5.89. The summed E-state index contributed by atoms with van der Waals surface area (Å²) in [5, 5.41) is 11.0. The van der Waals surface area contributed by atoms with Crippen LogP contribution in [0.1, 0.15) is 10.4 Å². The number of pyridine rings is 1. The summed E-state index contributed by atoms with van der Waals surface area (Å²) in [6, 6.07) is 18.5. The first-order valence-corrected chi connectivity index (χ1v) is 8.06. The van der Waals surface area contributed by atoms with E-state index in [0.717, 1.165) is 0 Å². The summed E-state index contributed by atoms with van der Waals surface area (Å²) in [5.41, 5.74) is 1.23. The van der Waals surface area contributed by atoms with Gasteiger partial charge in [-0.1, -0.05) is 24.3 Å². The summed E-state index contributed by atoms with van der Waals surface area (Å²) in [6.07, 6.45) is 0. The van der Waals surface area contributed by atoms with Gasteiger partial charge in [-0.2, -0.15) is 0 Å². The third-order valence-corrected chi connectivity index (χ3v) is 4.41. The summed E-state index contributed by atoms with van der Waals surface area (Å²) in [4.78, 5) is 26.0. The van der Waals surface area contributed by atoms with Crippen molar-refractivity contribution < 1.29 is 14.6 Å². The van der Waals surface area contributed by atoms with Crippen LogP contribution in [-0.2, 0) is 0 Å². The van der Waals surface area contributed by atoms with Crippen LogP contribution in [0.25, 0.3) is 21.8 Å². The maximum Gasteiger partial charge on any atom is 0.263 e. The lowest BCUT2D eigenvalue weighted by atomic mass is 10.1. The Morgan fingerprint density at radius 2 is 1.50 bits per heavy atom. The van der Waals surface area contributed by atoms with Gasteiger partial charge in [-0.3, -0.25) is 14.2 Å². The molecule has 26 heavy (non-hydrogen) atoms. The maximum atomic E-state index is 13.2. The highest BCUT2D eigenvalue weighted by Gasteiger charge is 2.18. The largest absolute Gasteiger partial charge is 0.504 e. The van der Waals surface area contributed by atoms with E-state index >= 15 is 0 Å². The highest BCUT2D eigenvalue weighted by molar-refractivity contribution is 6.08. The molecule has 4 rings (SSSR count). The maximum absolute atomic E-state index is 13.2. The van der Waals surface area contributed by atoms with E-state index in [0.29, 0.717) is 27.4 Å². The average molecular weight is 345 g/mol. The summed E-state index contributed by atoms with van der Waals surface area (Å²) in [7, 11) is 1.44. The number of carbonyl (C=O) groups excluding carboxylic acids is 1. The molecule has 3 aromatic carbocycles. The topological polar surface area (TPSA) is 68.5 Å². The minimum Gasteiger partial charge on any atom is -0.504 e. The minimum absolute atomic E-state index is 0.113. The van der Waals surface area contributed by atoms with Gasteiger partial charge < -0.3 is 9.84 Å². The molecule has 0 aliphatic carbocycles. The number of phenolic OH excluding ortho intramolecular Hbond substituents is 1. The molecule has 0 unspecified atom stereocenters. The molecule has 0 bridgehead atoms. The Hall–Kier alpha value is -3.60.